The minimum atomic E-state index is -4.08. The monoisotopic (exact) mass is 333 g/mol. The van der Waals surface area contributed by atoms with Gasteiger partial charge >= 0.3 is 11.9 Å². The highest BCUT2D eigenvalue weighted by Gasteiger charge is 2.39. The molecule has 114 valence electrons. The number of hydrogen-bond donors (Lipinski definition) is 2. The second-order valence-corrected chi connectivity index (χ2v) is 6.86. The number of nitrogens with zero attached hydrogens (tertiary/aromatic N) is 1. The van der Waals surface area contributed by atoms with Crippen LogP contribution in [0.4, 0.5) is 0 Å². The predicted molar refractivity (Wildman–Crippen MR) is 73.0 cm³/mol. The van der Waals surface area contributed by atoms with Crippen molar-refractivity contribution in [3.8, 4) is 0 Å². The summed E-state index contributed by atoms with van der Waals surface area (Å²) in [5.74, 6) is -2.57. The van der Waals surface area contributed by atoms with Crippen LogP contribution >= 0.6 is 11.6 Å². The lowest BCUT2D eigenvalue weighted by atomic mass is 10.2. The Labute approximate surface area is 125 Å². The Bertz CT molecular complexity index is 702. The Morgan fingerprint density at radius 3 is 2.52 bits per heavy atom. The maximum atomic E-state index is 12.5. The molecular weight excluding hydrogens is 322 g/mol. The molecule has 1 aliphatic heterocycles. The van der Waals surface area contributed by atoms with Crippen molar-refractivity contribution in [2.24, 2.45) is 0 Å². The molecule has 21 heavy (non-hydrogen) atoms. The molecule has 2 rings (SSSR count). The van der Waals surface area contributed by atoms with Crippen LogP contribution in [0.1, 0.15) is 23.2 Å². The third-order valence-corrected chi connectivity index (χ3v) is 5.50. The lowest BCUT2D eigenvalue weighted by Gasteiger charge is -2.21. The Morgan fingerprint density at radius 1 is 1.29 bits per heavy atom. The number of aromatic carboxylic acids is 1. The fraction of sp³-hybridized carbons (Fsp3) is 0.333. The smallest absolute Gasteiger partial charge is 0.337 e. The van der Waals surface area contributed by atoms with Gasteiger partial charge in [0.1, 0.15) is 6.04 Å². The van der Waals surface area contributed by atoms with Crippen molar-refractivity contribution in [1.29, 1.82) is 0 Å². The van der Waals surface area contributed by atoms with Crippen molar-refractivity contribution in [2.75, 3.05) is 6.54 Å². The highest BCUT2D eigenvalue weighted by molar-refractivity contribution is 7.89. The molecule has 1 aromatic carbocycles. The summed E-state index contributed by atoms with van der Waals surface area (Å²) in [7, 11) is -4.08. The molecule has 0 spiro atoms. The van der Waals surface area contributed by atoms with E-state index in [4.69, 9.17) is 21.8 Å². The number of hydrogen-bond acceptors (Lipinski definition) is 4. The molecule has 1 atom stereocenters. The van der Waals surface area contributed by atoms with E-state index in [1.165, 1.54) is 12.1 Å². The second kappa shape index (κ2) is 5.63. The Hall–Kier alpha value is -1.64. The first kappa shape index (κ1) is 15.7. The number of halogens is 1. The predicted octanol–water partition coefficient (Wildman–Crippen LogP) is 1.28. The highest BCUT2D eigenvalue weighted by Crippen LogP contribution is 2.28. The van der Waals surface area contributed by atoms with Crippen LogP contribution in [0, 0.1) is 0 Å². The molecule has 0 amide bonds. The van der Waals surface area contributed by atoms with Crippen LogP contribution < -0.4 is 0 Å². The molecule has 0 bridgehead atoms. The summed E-state index contributed by atoms with van der Waals surface area (Å²) in [6.45, 7) is 0.0876. The molecule has 1 fully saturated rings. The maximum Gasteiger partial charge on any atom is 0.337 e. The summed E-state index contributed by atoms with van der Waals surface area (Å²) in [6, 6.07) is 2.15. The second-order valence-electron chi connectivity index (χ2n) is 4.56. The normalized spacial score (nSPS) is 19.6. The standard InChI is InChI=1S/C12H12ClNO6S/c13-9-4-3-7(6-8(9)11(15)16)21(19,20)14-5-1-2-10(14)12(17)18/h3-4,6,10H,1-2,5H2,(H,15,16)(H,17,18). The van der Waals surface area contributed by atoms with Crippen LogP contribution in [-0.4, -0.2) is 47.5 Å². The van der Waals surface area contributed by atoms with E-state index in [0.29, 0.717) is 6.42 Å². The van der Waals surface area contributed by atoms with Gasteiger partial charge in [0.25, 0.3) is 0 Å². The Balaban J connectivity index is 2.47. The first-order valence-electron chi connectivity index (χ1n) is 6.02. The van der Waals surface area contributed by atoms with Crippen molar-refractivity contribution in [3.63, 3.8) is 0 Å². The zero-order valence-corrected chi connectivity index (χ0v) is 12.3. The maximum absolute atomic E-state index is 12.5. The van der Waals surface area contributed by atoms with E-state index >= 15 is 0 Å². The minimum absolute atomic E-state index is 0.0855. The number of sulfonamides is 1. The summed E-state index contributed by atoms with van der Waals surface area (Å²) in [5, 5.41) is 17.9. The van der Waals surface area contributed by atoms with E-state index in [2.05, 4.69) is 0 Å². The quantitative estimate of drug-likeness (QED) is 0.858. The lowest BCUT2D eigenvalue weighted by Crippen LogP contribution is -2.40. The summed E-state index contributed by atoms with van der Waals surface area (Å²) in [4.78, 5) is 21.8. The third kappa shape index (κ3) is 2.87. The van der Waals surface area contributed by atoms with Crippen molar-refractivity contribution < 1.29 is 28.2 Å². The van der Waals surface area contributed by atoms with E-state index in [1.54, 1.807) is 0 Å². The Morgan fingerprint density at radius 2 is 1.95 bits per heavy atom. The molecule has 0 saturated carbocycles. The van der Waals surface area contributed by atoms with Gasteiger partial charge in [0, 0.05) is 6.54 Å². The van der Waals surface area contributed by atoms with Crippen LogP contribution in [0.5, 0.6) is 0 Å². The highest BCUT2D eigenvalue weighted by atomic mass is 35.5. The number of carboxylic acids is 2. The molecule has 1 aromatic rings. The van der Waals surface area contributed by atoms with Crippen LogP contribution in [0.2, 0.25) is 5.02 Å². The molecule has 9 heteroatoms. The molecule has 1 unspecified atom stereocenters. The fourth-order valence-corrected chi connectivity index (χ4v) is 4.11. The van der Waals surface area contributed by atoms with Crippen LogP contribution in [0.15, 0.2) is 23.1 Å². The van der Waals surface area contributed by atoms with Gasteiger partial charge in [-0.05, 0) is 31.0 Å². The summed E-state index contributed by atoms with van der Waals surface area (Å²) in [5.41, 5.74) is -0.344. The molecule has 7 nitrogen and oxygen atoms in total. The number of benzene rings is 1. The zero-order chi connectivity index (χ0) is 15.8. The first-order chi connectivity index (χ1) is 9.75. The van der Waals surface area contributed by atoms with E-state index in [1.807, 2.05) is 0 Å². The van der Waals surface area contributed by atoms with E-state index < -0.39 is 28.0 Å². The van der Waals surface area contributed by atoms with Gasteiger partial charge in [-0.1, -0.05) is 11.6 Å². The number of aliphatic carboxylic acids is 1. The van der Waals surface area contributed by atoms with Gasteiger partial charge in [0.05, 0.1) is 15.5 Å². The zero-order valence-electron chi connectivity index (χ0n) is 10.7. The van der Waals surface area contributed by atoms with Gasteiger partial charge in [0.2, 0.25) is 10.0 Å². The summed E-state index contributed by atoms with van der Waals surface area (Å²) in [6.07, 6.45) is 0.670. The molecule has 1 aliphatic rings. The summed E-state index contributed by atoms with van der Waals surface area (Å²) >= 11 is 5.70. The van der Waals surface area contributed by atoms with Crippen molar-refractivity contribution in [1.82, 2.24) is 4.31 Å². The largest absolute Gasteiger partial charge is 0.480 e. The average Bonchev–Trinajstić information content (AvgIpc) is 2.88. The molecule has 0 radical (unpaired) electrons. The van der Waals surface area contributed by atoms with E-state index in [9.17, 15) is 18.0 Å². The summed E-state index contributed by atoms with van der Waals surface area (Å²) < 4.78 is 25.8. The average molecular weight is 334 g/mol. The lowest BCUT2D eigenvalue weighted by molar-refractivity contribution is -0.140. The molecular formula is C12H12ClNO6S. The fourth-order valence-electron chi connectivity index (χ4n) is 2.24. The first-order valence-corrected chi connectivity index (χ1v) is 7.84. The number of carboxylic acid groups (broad SMARTS) is 2. The van der Waals surface area contributed by atoms with Crippen LogP contribution in [-0.2, 0) is 14.8 Å². The molecule has 2 N–H and O–H groups in total. The Kier molecular flexibility index (Phi) is 4.22. The number of carbonyl (C=O) groups is 2. The van der Waals surface area contributed by atoms with Gasteiger partial charge in [0.15, 0.2) is 0 Å². The van der Waals surface area contributed by atoms with Gasteiger partial charge in [-0.3, -0.25) is 4.79 Å². The van der Waals surface area contributed by atoms with Gasteiger partial charge in [-0.25, -0.2) is 13.2 Å². The number of rotatable bonds is 4. The molecule has 0 aliphatic carbocycles. The molecule has 0 aromatic heterocycles. The third-order valence-electron chi connectivity index (χ3n) is 3.26. The van der Waals surface area contributed by atoms with Crippen LogP contribution in [0.25, 0.3) is 0 Å². The molecule has 1 heterocycles. The van der Waals surface area contributed by atoms with Crippen LogP contribution in [0.3, 0.4) is 0 Å². The van der Waals surface area contributed by atoms with Crippen molar-refractivity contribution in [3.05, 3.63) is 28.8 Å². The van der Waals surface area contributed by atoms with Gasteiger partial charge in [-0.15, -0.1) is 0 Å². The van der Waals surface area contributed by atoms with Gasteiger partial charge < -0.3 is 10.2 Å². The minimum Gasteiger partial charge on any atom is -0.480 e. The van der Waals surface area contributed by atoms with E-state index in [0.717, 1.165) is 10.4 Å². The molecule has 1 saturated heterocycles. The van der Waals surface area contributed by atoms with E-state index in [-0.39, 0.29) is 28.4 Å². The van der Waals surface area contributed by atoms with Crippen molar-refractivity contribution >= 4 is 33.6 Å². The SMILES string of the molecule is O=C(O)c1cc(S(=O)(=O)N2CCCC2C(=O)O)ccc1Cl. The van der Waals surface area contributed by atoms with Crippen molar-refractivity contribution in [2.45, 2.75) is 23.8 Å². The van der Waals surface area contributed by atoms with Gasteiger partial charge in [-0.2, -0.15) is 4.31 Å². The topological polar surface area (TPSA) is 112 Å².